The zero-order chi connectivity index (χ0) is 13.3. The van der Waals surface area contributed by atoms with Crippen LogP contribution in [0.15, 0.2) is 40.9 Å². The number of nitrogens with two attached hydrogens (primary N) is 1. The van der Waals surface area contributed by atoms with E-state index in [9.17, 15) is 0 Å². The maximum atomic E-state index is 6.41. The molecular formula is C16H18BrN. The average Bonchev–Trinajstić information content (AvgIpc) is 2.31. The summed E-state index contributed by atoms with van der Waals surface area (Å²) in [5.74, 6) is 0. The minimum absolute atomic E-state index is 0.0834. The van der Waals surface area contributed by atoms with Gasteiger partial charge in [0.15, 0.2) is 0 Å². The molecule has 0 heterocycles. The highest BCUT2D eigenvalue weighted by molar-refractivity contribution is 9.10. The van der Waals surface area contributed by atoms with Gasteiger partial charge in [-0.3, -0.25) is 0 Å². The van der Waals surface area contributed by atoms with Gasteiger partial charge in [0.25, 0.3) is 0 Å². The van der Waals surface area contributed by atoms with Crippen molar-refractivity contribution in [2.45, 2.75) is 26.8 Å². The third-order valence-electron chi connectivity index (χ3n) is 3.26. The molecule has 18 heavy (non-hydrogen) atoms. The summed E-state index contributed by atoms with van der Waals surface area (Å²) in [6, 6.07) is 12.7. The molecule has 2 N–H and O–H groups in total. The Kier molecular flexibility index (Phi) is 3.88. The normalized spacial score (nSPS) is 12.5. The highest BCUT2D eigenvalue weighted by atomic mass is 79.9. The fourth-order valence-corrected chi connectivity index (χ4v) is 2.89. The van der Waals surface area contributed by atoms with Crippen LogP contribution in [-0.4, -0.2) is 0 Å². The minimum Gasteiger partial charge on any atom is -0.320 e. The fraction of sp³-hybridized carbons (Fsp3) is 0.250. The van der Waals surface area contributed by atoms with E-state index in [1.165, 1.54) is 22.3 Å². The minimum atomic E-state index is -0.0834. The summed E-state index contributed by atoms with van der Waals surface area (Å²) in [6.07, 6.45) is 0. The van der Waals surface area contributed by atoms with E-state index in [0.29, 0.717) is 0 Å². The summed E-state index contributed by atoms with van der Waals surface area (Å²) >= 11 is 3.61. The molecule has 94 valence electrons. The topological polar surface area (TPSA) is 26.0 Å². The Morgan fingerprint density at radius 2 is 1.50 bits per heavy atom. The lowest BCUT2D eigenvalue weighted by molar-refractivity contribution is 0.854. The van der Waals surface area contributed by atoms with E-state index >= 15 is 0 Å². The molecule has 1 atom stereocenters. The highest BCUT2D eigenvalue weighted by Crippen LogP contribution is 2.29. The van der Waals surface area contributed by atoms with Crippen LogP contribution in [0.3, 0.4) is 0 Å². The highest BCUT2D eigenvalue weighted by Gasteiger charge is 2.14. The van der Waals surface area contributed by atoms with Crippen LogP contribution in [0, 0.1) is 20.8 Å². The molecule has 0 aliphatic rings. The molecule has 2 rings (SSSR count). The predicted octanol–water partition coefficient (Wildman–Crippen LogP) is 4.42. The van der Waals surface area contributed by atoms with Crippen LogP contribution < -0.4 is 5.73 Å². The number of halogens is 1. The monoisotopic (exact) mass is 303 g/mol. The van der Waals surface area contributed by atoms with Gasteiger partial charge in [0.2, 0.25) is 0 Å². The van der Waals surface area contributed by atoms with Crippen LogP contribution in [0.2, 0.25) is 0 Å². The van der Waals surface area contributed by atoms with Crippen molar-refractivity contribution in [2.75, 3.05) is 0 Å². The van der Waals surface area contributed by atoms with Gasteiger partial charge in [0.1, 0.15) is 0 Å². The van der Waals surface area contributed by atoms with Gasteiger partial charge in [-0.15, -0.1) is 0 Å². The molecule has 0 aromatic heterocycles. The van der Waals surface area contributed by atoms with Crippen LogP contribution in [0.25, 0.3) is 0 Å². The Hall–Kier alpha value is -1.12. The second kappa shape index (κ2) is 5.25. The molecule has 2 aromatic rings. The van der Waals surface area contributed by atoms with Crippen molar-refractivity contribution in [1.82, 2.24) is 0 Å². The van der Waals surface area contributed by atoms with Crippen LogP contribution in [0.4, 0.5) is 0 Å². The zero-order valence-corrected chi connectivity index (χ0v) is 12.6. The van der Waals surface area contributed by atoms with Crippen molar-refractivity contribution in [1.29, 1.82) is 0 Å². The van der Waals surface area contributed by atoms with Crippen molar-refractivity contribution < 1.29 is 0 Å². The van der Waals surface area contributed by atoms with Gasteiger partial charge in [-0.2, -0.15) is 0 Å². The van der Waals surface area contributed by atoms with E-state index < -0.39 is 0 Å². The Morgan fingerprint density at radius 1 is 0.889 bits per heavy atom. The second-order valence-corrected chi connectivity index (χ2v) is 5.72. The number of hydrogen-bond acceptors (Lipinski definition) is 1. The molecule has 2 aromatic carbocycles. The van der Waals surface area contributed by atoms with Crippen LogP contribution >= 0.6 is 15.9 Å². The van der Waals surface area contributed by atoms with Crippen LogP contribution in [0.1, 0.15) is 33.9 Å². The summed E-state index contributed by atoms with van der Waals surface area (Å²) in [5, 5.41) is 0. The van der Waals surface area contributed by atoms with Crippen LogP contribution in [0.5, 0.6) is 0 Å². The summed E-state index contributed by atoms with van der Waals surface area (Å²) in [4.78, 5) is 0. The molecule has 0 amide bonds. The summed E-state index contributed by atoms with van der Waals surface area (Å²) < 4.78 is 1.08. The van der Waals surface area contributed by atoms with E-state index in [2.05, 4.69) is 73.1 Å². The Morgan fingerprint density at radius 3 is 2.17 bits per heavy atom. The number of hydrogen-bond donors (Lipinski definition) is 1. The summed E-state index contributed by atoms with van der Waals surface area (Å²) in [7, 11) is 0. The fourth-order valence-electron chi connectivity index (χ4n) is 2.15. The third kappa shape index (κ3) is 2.65. The molecule has 0 aliphatic carbocycles. The van der Waals surface area contributed by atoms with Gasteiger partial charge in [0.05, 0.1) is 6.04 Å². The molecule has 1 nitrogen and oxygen atoms in total. The van der Waals surface area contributed by atoms with Crippen molar-refractivity contribution in [3.8, 4) is 0 Å². The third-order valence-corrected chi connectivity index (χ3v) is 3.95. The first-order valence-electron chi connectivity index (χ1n) is 6.08. The summed E-state index contributed by atoms with van der Waals surface area (Å²) in [6.45, 7) is 6.29. The SMILES string of the molecule is Cc1ccc(C(N)c2cc(C)ccc2C)c(Br)c1. The average molecular weight is 304 g/mol. The van der Waals surface area contributed by atoms with Crippen LogP contribution in [-0.2, 0) is 0 Å². The molecule has 0 aliphatic heterocycles. The molecule has 0 bridgehead atoms. The van der Waals surface area contributed by atoms with Crippen molar-refractivity contribution >= 4 is 15.9 Å². The Bertz CT molecular complexity index is 575. The lowest BCUT2D eigenvalue weighted by Gasteiger charge is -2.18. The molecule has 0 spiro atoms. The van der Waals surface area contributed by atoms with Crippen molar-refractivity contribution in [3.63, 3.8) is 0 Å². The lowest BCUT2D eigenvalue weighted by atomic mass is 9.94. The van der Waals surface area contributed by atoms with Crippen molar-refractivity contribution in [2.24, 2.45) is 5.73 Å². The van der Waals surface area contributed by atoms with Gasteiger partial charge in [-0.05, 0) is 49.1 Å². The van der Waals surface area contributed by atoms with E-state index in [0.717, 1.165) is 10.0 Å². The smallest absolute Gasteiger partial charge is 0.0565 e. The lowest BCUT2D eigenvalue weighted by Crippen LogP contribution is -2.14. The molecule has 1 unspecified atom stereocenters. The first kappa shape index (κ1) is 13.3. The maximum absolute atomic E-state index is 6.41. The largest absolute Gasteiger partial charge is 0.320 e. The van der Waals surface area contributed by atoms with Gasteiger partial charge in [0, 0.05) is 4.47 Å². The Labute approximate surface area is 117 Å². The van der Waals surface area contributed by atoms with E-state index in [4.69, 9.17) is 5.73 Å². The molecule has 2 heteroatoms. The first-order valence-corrected chi connectivity index (χ1v) is 6.87. The Balaban J connectivity index is 2.47. The molecule has 0 saturated carbocycles. The molecule has 0 fully saturated rings. The number of rotatable bonds is 2. The van der Waals surface area contributed by atoms with E-state index in [1.54, 1.807) is 0 Å². The van der Waals surface area contributed by atoms with Crippen molar-refractivity contribution in [3.05, 3.63) is 68.7 Å². The van der Waals surface area contributed by atoms with Gasteiger partial charge in [-0.25, -0.2) is 0 Å². The first-order chi connectivity index (χ1) is 8.49. The molecule has 0 saturated heterocycles. The predicted molar refractivity (Wildman–Crippen MR) is 80.8 cm³/mol. The zero-order valence-electron chi connectivity index (χ0n) is 11.0. The van der Waals surface area contributed by atoms with Gasteiger partial charge < -0.3 is 5.73 Å². The number of aryl methyl sites for hydroxylation is 3. The standard InChI is InChI=1S/C16H18BrN/c1-10-4-6-12(3)14(8-10)16(18)13-7-5-11(2)9-15(13)17/h4-9,16H,18H2,1-3H3. The number of benzene rings is 2. The quantitative estimate of drug-likeness (QED) is 0.873. The maximum Gasteiger partial charge on any atom is 0.0565 e. The second-order valence-electron chi connectivity index (χ2n) is 4.86. The van der Waals surface area contributed by atoms with Gasteiger partial charge in [-0.1, -0.05) is 51.8 Å². The molecule has 0 radical (unpaired) electrons. The van der Waals surface area contributed by atoms with E-state index in [1.807, 2.05) is 0 Å². The van der Waals surface area contributed by atoms with Gasteiger partial charge >= 0.3 is 0 Å². The summed E-state index contributed by atoms with van der Waals surface area (Å²) in [5.41, 5.74) is 12.5. The van der Waals surface area contributed by atoms with E-state index in [-0.39, 0.29) is 6.04 Å². The molecular weight excluding hydrogens is 286 g/mol.